The molecular weight excluding hydrogens is 394 g/mol. The van der Waals surface area contributed by atoms with Crippen molar-refractivity contribution in [2.45, 2.75) is 44.6 Å². The Morgan fingerprint density at radius 3 is 2.52 bits per heavy atom. The average Bonchev–Trinajstić information content (AvgIpc) is 3.00. The molecule has 1 spiro atoms. The van der Waals surface area contributed by atoms with E-state index in [-0.39, 0.29) is 12.5 Å². The van der Waals surface area contributed by atoms with Crippen LogP contribution < -0.4 is 15.5 Å². The van der Waals surface area contributed by atoms with Crippen LogP contribution in [0, 0.1) is 5.92 Å². The third kappa shape index (κ3) is 4.55. The number of amides is 4. The maximum absolute atomic E-state index is 12.9. The Morgan fingerprint density at radius 1 is 1.10 bits per heavy atom. The molecule has 0 bridgehead atoms. The van der Waals surface area contributed by atoms with Gasteiger partial charge in [0.15, 0.2) is 6.61 Å². The molecule has 2 N–H and O–H groups in total. The van der Waals surface area contributed by atoms with E-state index in [2.05, 4.69) is 17.7 Å². The third-order valence-electron chi connectivity index (χ3n) is 6.09. The highest BCUT2D eigenvalue weighted by Gasteiger charge is 2.52. The van der Waals surface area contributed by atoms with Gasteiger partial charge < -0.3 is 10.1 Å². The van der Waals surface area contributed by atoms with E-state index in [1.54, 1.807) is 6.07 Å². The lowest BCUT2D eigenvalue weighted by Crippen LogP contribution is -2.52. The molecule has 0 atom stereocenters. The van der Waals surface area contributed by atoms with Crippen LogP contribution in [0.4, 0.5) is 4.79 Å². The van der Waals surface area contributed by atoms with E-state index in [1.807, 2.05) is 48.5 Å². The van der Waals surface area contributed by atoms with Crippen LogP contribution in [0.15, 0.2) is 54.6 Å². The predicted octanol–water partition coefficient (Wildman–Crippen LogP) is 3.19. The van der Waals surface area contributed by atoms with Gasteiger partial charge in [-0.25, -0.2) is 4.79 Å². The van der Waals surface area contributed by atoms with Gasteiger partial charge >= 0.3 is 6.03 Å². The summed E-state index contributed by atoms with van der Waals surface area (Å²) in [6.07, 6.45) is 3.60. The summed E-state index contributed by atoms with van der Waals surface area (Å²) >= 11 is 0. The zero-order valence-electron chi connectivity index (χ0n) is 17.6. The maximum Gasteiger partial charge on any atom is 0.344 e. The van der Waals surface area contributed by atoms with Gasteiger partial charge in [0, 0.05) is 6.42 Å². The monoisotopic (exact) mass is 421 g/mol. The number of benzene rings is 2. The van der Waals surface area contributed by atoms with E-state index in [4.69, 9.17) is 4.74 Å². The minimum Gasteiger partial charge on any atom is -0.483 e. The summed E-state index contributed by atoms with van der Waals surface area (Å²) in [6.45, 7) is 1.84. The normalized spacial score (nSPS) is 23.0. The van der Waals surface area contributed by atoms with Crippen LogP contribution in [0.3, 0.4) is 0 Å². The predicted molar refractivity (Wildman–Crippen MR) is 115 cm³/mol. The van der Waals surface area contributed by atoms with Crippen molar-refractivity contribution in [1.82, 2.24) is 15.8 Å². The fourth-order valence-electron chi connectivity index (χ4n) is 4.22. The largest absolute Gasteiger partial charge is 0.483 e. The summed E-state index contributed by atoms with van der Waals surface area (Å²) in [6, 6.07) is 16.9. The molecule has 1 heterocycles. The molecule has 31 heavy (non-hydrogen) atoms. The second-order valence-electron chi connectivity index (χ2n) is 8.43. The van der Waals surface area contributed by atoms with Gasteiger partial charge in [-0.15, -0.1) is 0 Å². The lowest BCUT2D eigenvalue weighted by molar-refractivity contribution is -0.140. The zero-order chi connectivity index (χ0) is 21.8. The lowest BCUT2D eigenvalue weighted by Gasteiger charge is -2.33. The average molecular weight is 421 g/mol. The first-order valence-electron chi connectivity index (χ1n) is 10.7. The van der Waals surface area contributed by atoms with Crippen LogP contribution in [0.2, 0.25) is 0 Å². The first-order valence-corrected chi connectivity index (χ1v) is 10.7. The summed E-state index contributed by atoms with van der Waals surface area (Å²) in [5.74, 6) is 0.182. The number of carbonyl (C=O) groups excluding carboxylic acids is 3. The number of hydrazine groups is 1. The molecule has 7 nitrogen and oxygen atoms in total. The minimum atomic E-state index is -0.889. The second kappa shape index (κ2) is 8.79. The van der Waals surface area contributed by atoms with Gasteiger partial charge in [-0.3, -0.25) is 15.0 Å². The maximum atomic E-state index is 12.9. The molecule has 7 heteroatoms. The molecule has 0 radical (unpaired) electrons. The minimum absolute atomic E-state index is 0.299. The van der Waals surface area contributed by atoms with Crippen LogP contribution in [0.1, 0.15) is 43.7 Å². The number of hydrogen-bond donors (Lipinski definition) is 2. The van der Waals surface area contributed by atoms with Crippen LogP contribution in [-0.4, -0.2) is 35.0 Å². The second-order valence-corrected chi connectivity index (χ2v) is 8.43. The summed E-state index contributed by atoms with van der Waals surface area (Å²) in [5.41, 5.74) is 3.60. The number of nitrogens with zero attached hydrogens (tertiary/aromatic N) is 1. The summed E-state index contributed by atoms with van der Waals surface area (Å²) in [4.78, 5) is 37.6. The Hall–Kier alpha value is -3.35. The Morgan fingerprint density at radius 2 is 1.77 bits per heavy atom. The molecule has 1 saturated heterocycles. The van der Waals surface area contributed by atoms with Crippen molar-refractivity contribution < 1.29 is 19.1 Å². The Balaban J connectivity index is 1.36. The van der Waals surface area contributed by atoms with Gasteiger partial charge in [0.05, 0.1) is 0 Å². The quantitative estimate of drug-likeness (QED) is 0.702. The van der Waals surface area contributed by atoms with Gasteiger partial charge in [-0.2, -0.15) is 5.01 Å². The van der Waals surface area contributed by atoms with Gasteiger partial charge in [-0.05, 0) is 48.8 Å². The molecule has 2 aliphatic rings. The van der Waals surface area contributed by atoms with Crippen LogP contribution in [0.25, 0.3) is 0 Å². The molecule has 1 aliphatic carbocycles. The number of para-hydroxylation sites is 1. The first kappa shape index (κ1) is 20.9. The molecule has 0 aromatic heterocycles. The van der Waals surface area contributed by atoms with E-state index < -0.39 is 17.5 Å². The number of hydrogen-bond acceptors (Lipinski definition) is 4. The number of ether oxygens (including phenoxy) is 1. The molecule has 4 amide bonds. The summed E-state index contributed by atoms with van der Waals surface area (Å²) < 4.78 is 5.72. The van der Waals surface area contributed by atoms with Gasteiger partial charge in [0.2, 0.25) is 0 Å². The molecule has 162 valence electrons. The van der Waals surface area contributed by atoms with Crippen molar-refractivity contribution in [3.05, 3.63) is 65.7 Å². The lowest BCUT2D eigenvalue weighted by atomic mass is 9.77. The van der Waals surface area contributed by atoms with E-state index in [0.29, 0.717) is 30.9 Å². The number of urea groups is 1. The van der Waals surface area contributed by atoms with Crippen molar-refractivity contribution in [1.29, 1.82) is 0 Å². The highest BCUT2D eigenvalue weighted by Crippen LogP contribution is 2.35. The molecule has 4 rings (SSSR count). The van der Waals surface area contributed by atoms with Crippen molar-refractivity contribution in [3.63, 3.8) is 0 Å². The van der Waals surface area contributed by atoms with Crippen LogP contribution >= 0.6 is 0 Å². The Labute approximate surface area is 181 Å². The summed E-state index contributed by atoms with van der Waals surface area (Å²) in [5, 5.41) is 3.59. The number of carbonyl (C=O) groups is 3. The topological polar surface area (TPSA) is 87.7 Å². The van der Waals surface area contributed by atoms with Crippen molar-refractivity contribution in [2.24, 2.45) is 5.92 Å². The molecule has 2 fully saturated rings. The third-order valence-corrected chi connectivity index (χ3v) is 6.09. The van der Waals surface area contributed by atoms with E-state index in [0.717, 1.165) is 29.0 Å². The molecule has 0 unspecified atom stereocenters. The molecule has 1 saturated carbocycles. The van der Waals surface area contributed by atoms with Gasteiger partial charge in [0.1, 0.15) is 11.3 Å². The fraction of sp³-hybridized carbons (Fsp3) is 0.375. The van der Waals surface area contributed by atoms with Gasteiger partial charge in [0.25, 0.3) is 11.8 Å². The smallest absolute Gasteiger partial charge is 0.344 e. The molecule has 2 aromatic carbocycles. The van der Waals surface area contributed by atoms with Gasteiger partial charge in [-0.1, -0.05) is 55.5 Å². The van der Waals surface area contributed by atoms with Crippen molar-refractivity contribution in [2.75, 3.05) is 6.61 Å². The van der Waals surface area contributed by atoms with E-state index in [1.165, 1.54) is 0 Å². The first-order chi connectivity index (χ1) is 15.0. The Kier molecular flexibility index (Phi) is 5.93. The number of imide groups is 1. The number of nitrogens with one attached hydrogen (secondary N) is 2. The van der Waals surface area contributed by atoms with E-state index >= 15 is 0 Å². The highest BCUT2D eigenvalue weighted by atomic mass is 16.5. The zero-order valence-corrected chi connectivity index (χ0v) is 17.6. The Bertz CT molecular complexity index is 968. The SMILES string of the molecule is CC1CCC2(CC1)NC(=O)N(NC(=O)COc1ccccc1Cc1ccccc1)C2=O. The molecular formula is C24H27N3O4. The van der Waals surface area contributed by atoms with E-state index in [9.17, 15) is 14.4 Å². The van der Waals surface area contributed by atoms with Crippen LogP contribution in [-0.2, 0) is 16.0 Å². The number of rotatable bonds is 6. The molecule has 2 aromatic rings. The summed E-state index contributed by atoms with van der Waals surface area (Å²) in [7, 11) is 0. The fourth-order valence-corrected chi connectivity index (χ4v) is 4.22. The van der Waals surface area contributed by atoms with Crippen molar-refractivity contribution in [3.8, 4) is 5.75 Å². The van der Waals surface area contributed by atoms with Crippen molar-refractivity contribution >= 4 is 17.8 Å². The molecule has 1 aliphatic heterocycles. The standard InChI is InChI=1S/C24H27N3O4/c1-17-11-13-24(14-12-17)22(29)27(23(30)25-24)26-21(28)16-31-20-10-6-5-9-19(20)15-18-7-3-2-4-8-18/h2-10,17H,11-16H2,1H3,(H,25,30)(H,26,28). The highest BCUT2D eigenvalue weighted by molar-refractivity contribution is 6.08. The van der Waals surface area contributed by atoms with Crippen LogP contribution in [0.5, 0.6) is 5.75 Å².